The van der Waals surface area contributed by atoms with E-state index < -0.39 is 6.09 Å². The molecule has 0 radical (unpaired) electrons. The number of fused-ring (bicyclic) bond motifs is 5. The molecule has 0 spiro atoms. The standard InChI is InChI=1S/C31H32N2O4/c34-30(36-19-21-8-2-1-3-9-21)32-18-22-16-23-14-15-24(17-22)33(23)31(35)37-20-29-27-12-6-4-10-25(27)26-11-5-7-13-28(26)29/h1-13,22-24,29H,14-20H2,(H,32,34). The number of piperidine rings is 1. The summed E-state index contributed by atoms with van der Waals surface area (Å²) in [7, 11) is 0. The molecule has 190 valence electrons. The highest BCUT2D eigenvalue weighted by atomic mass is 16.6. The monoisotopic (exact) mass is 496 g/mol. The van der Waals surface area contributed by atoms with E-state index in [1.807, 2.05) is 35.2 Å². The van der Waals surface area contributed by atoms with E-state index in [1.54, 1.807) is 0 Å². The number of nitrogens with zero attached hydrogens (tertiary/aromatic N) is 1. The second-order valence-electron chi connectivity index (χ2n) is 10.4. The minimum atomic E-state index is -0.393. The molecule has 2 bridgehead atoms. The predicted molar refractivity (Wildman–Crippen MR) is 141 cm³/mol. The maximum absolute atomic E-state index is 13.2. The van der Waals surface area contributed by atoms with Crippen LogP contribution in [0.25, 0.3) is 11.1 Å². The van der Waals surface area contributed by atoms with Crippen LogP contribution in [-0.4, -0.2) is 42.3 Å². The lowest BCUT2D eigenvalue weighted by atomic mass is 9.91. The highest BCUT2D eigenvalue weighted by Gasteiger charge is 2.44. The van der Waals surface area contributed by atoms with E-state index in [9.17, 15) is 9.59 Å². The van der Waals surface area contributed by atoms with Gasteiger partial charge in [-0.1, -0.05) is 78.9 Å². The van der Waals surface area contributed by atoms with E-state index in [0.717, 1.165) is 31.2 Å². The molecule has 2 fully saturated rings. The zero-order valence-corrected chi connectivity index (χ0v) is 20.8. The summed E-state index contributed by atoms with van der Waals surface area (Å²) in [5.74, 6) is 0.400. The summed E-state index contributed by atoms with van der Waals surface area (Å²) in [6, 6.07) is 26.8. The van der Waals surface area contributed by atoms with Crippen molar-refractivity contribution >= 4 is 12.2 Å². The lowest BCUT2D eigenvalue weighted by Gasteiger charge is -2.38. The molecule has 6 heteroatoms. The van der Waals surface area contributed by atoms with Crippen molar-refractivity contribution in [3.63, 3.8) is 0 Å². The number of hydrogen-bond donors (Lipinski definition) is 1. The summed E-state index contributed by atoms with van der Waals surface area (Å²) in [6.07, 6.45) is 3.13. The third-order valence-electron chi connectivity index (χ3n) is 8.13. The van der Waals surface area contributed by atoms with Gasteiger partial charge in [0.05, 0.1) is 0 Å². The van der Waals surface area contributed by atoms with Gasteiger partial charge in [-0.15, -0.1) is 0 Å². The number of hydrogen-bond acceptors (Lipinski definition) is 4. The Hall–Kier alpha value is -3.80. The van der Waals surface area contributed by atoms with Crippen LogP contribution in [0.5, 0.6) is 0 Å². The molecule has 37 heavy (non-hydrogen) atoms. The minimum absolute atomic E-state index is 0.0673. The number of carbonyl (C=O) groups excluding carboxylic acids is 2. The second kappa shape index (κ2) is 10.3. The van der Waals surface area contributed by atoms with E-state index in [4.69, 9.17) is 9.47 Å². The van der Waals surface area contributed by atoms with Gasteiger partial charge in [-0.3, -0.25) is 0 Å². The van der Waals surface area contributed by atoms with Gasteiger partial charge in [-0.25, -0.2) is 9.59 Å². The molecule has 2 aliphatic heterocycles. The number of rotatable bonds is 6. The van der Waals surface area contributed by atoms with Crippen molar-refractivity contribution in [2.45, 2.75) is 50.3 Å². The van der Waals surface area contributed by atoms with Gasteiger partial charge in [0.2, 0.25) is 0 Å². The fraction of sp³-hybridized carbons (Fsp3) is 0.355. The number of alkyl carbamates (subject to hydrolysis) is 1. The zero-order valence-electron chi connectivity index (χ0n) is 20.8. The molecule has 0 saturated carbocycles. The van der Waals surface area contributed by atoms with Gasteiger partial charge in [0.1, 0.15) is 13.2 Å². The third-order valence-corrected chi connectivity index (χ3v) is 8.13. The number of carbonyl (C=O) groups is 2. The van der Waals surface area contributed by atoms with E-state index in [-0.39, 0.29) is 30.7 Å². The summed E-state index contributed by atoms with van der Waals surface area (Å²) < 4.78 is 11.3. The zero-order chi connectivity index (χ0) is 25.2. The number of benzene rings is 3. The molecule has 3 aromatic rings. The minimum Gasteiger partial charge on any atom is -0.448 e. The van der Waals surface area contributed by atoms with Crippen LogP contribution in [0.15, 0.2) is 78.9 Å². The molecular formula is C31H32N2O4. The SMILES string of the molecule is O=C(NCC1CC2CCC(C1)N2C(=O)OCC1c2ccccc2-c2ccccc21)OCc1ccccc1. The van der Waals surface area contributed by atoms with Crippen LogP contribution in [0.2, 0.25) is 0 Å². The van der Waals surface area contributed by atoms with E-state index in [2.05, 4.69) is 53.8 Å². The van der Waals surface area contributed by atoms with Gasteiger partial charge >= 0.3 is 12.2 Å². The van der Waals surface area contributed by atoms with Crippen molar-refractivity contribution in [1.29, 1.82) is 0 Å². The maximum atomic E-state index is 13.2. The topological polar surface area (TPSA) is 67.9 Å². The van der Waals surface area contributed by atoms with Crippen LogP contribution >= 0.6 is 0 Å². The van der Waals surface area contributed by atoms with Crippen LogP contribution in [-0.2, 0) is 16.1 Å². The molecule has 1 N–H and O–H groups in total. The quantitative estimate of drug-likeness (QED) is 0.447. The first kappa shape index (κ1) is 23.6. The van der Waals surface area contributed by atoms with Gasteiger partial charge in [-0.2, -0.15) is 0 Å². The van der Waals surface area contributed by atoms with Gasteiger partial charge in [-0.05, 0) is 59.4 Å². The lowest BCUT2D eigenvalue weighted by Crippen LogP contribution is -2.48. The fourth-order valence-electron chi connectivity index (χ4n) is 6.42. The molecule has 3 aliphatic rings. The Morgan fingerprint density at radius 3 is 2.03 bits per heavy atom. The highest BCUT2D eigenvalue weighted by molar-refractivity contribution is 5.79. The Kier molecular flexibility index (Phi) is 6.56. The summed E-state index contributed by atoms with van der Waals surface area (Å²) >= 11 is 0. The van der Waals surface area contributed by atoms with Crippen LogP contribution in [0.1, 0.15) is 48.3 Å². The van der Waals surface area contributed by atoms with Gasteiger partial charge in [0.15, 0.2) is 0 Å². The van der Waals surface area contributed by atoms with Crippen LogP contribution in [0, 0.1) is 5.92 Å². The number of ether oxygens (including phenoxy) is 2. The molecule has 2 saturated heterocycles. The Bertz CT molecular complexity index is 1220. The summed E-state index contributed by atoms with van der Waals surface area (Å²) in [6.45, 7) is 1.18. The average molecular weight is 497 g/mol. The summed E-state index contributed by atoms with van der Waals surface area (Å²) in [4.78, 5) is 27.4. The molecule has 2 unspecified atom stereocenters. The van der Waals surface area contributed by atoms with E-state index in [0.29, 0.717) is 19.1 Å². The fourth-order valence-corrected chi connectivity index (χ4v) is 6.42. The normalized spacial score (nSPS) is 21.7. The highest BCUT2D eigenvalue weighted by Crippen LogP contribution is 2.45. The van der Waals surface area contributed by atoms with Gasteiger partial charge in [0, 0.05) is 24.5 Å². The van der Waals surface area contributed by atoms with Crippen molar-refractivity contribution in [3.8, 4) is 11.1 Å². The first-order chi connectivity index (χ1) is 18.2. The van der Waals surface area contributed by atoms with Crippen molar-refractivity contribution < 1.29 is 19.1 Å². The molecule has 2 heterocycles. The smallest absolute Gasteiger partial charge is 0.410 e. The number of nitrogens with one attached hydrogen (secondary N) is 1. The van der Waals surface area contributed by atoms with Crippen molar-refractivity contribution in [1.82, 2.24) is 10.2 Å². The van der Waals surface area contributed by atoms with Crippen LogP contribution < -0.4 is 5.32 Å². The second-order valence-corrected chi connectivity index (χ2v) is 10.4. The Balaban J connectivity index is 1.01. The number of amides is 2. The predicted octanol–water partition coefficient (Wildman–Crippen LogP) is 6.10. The summed E-state index contributed by atoms with van der Waals surface area (Å²) in [5.41, 5.74) is 5.88. The van der Waals surface area contributed by atoms with Crippen molar-refractivity contribution in [2.24, 2.45) is 5.92 Å². The van der Waals surface area contributed by atoms with Crippen LogP contribution in [0.3, 0.4) is 0 Å². The summed E-state index contributed by atoms with van der Waals surface area (Å²) in [5, 5.41) is 2.92. The van der Waals surface area contributed by atoms with Crippen molar-refractivity contribution in [3.05, 3.63) is 95.6 Å². The van der Waals surface area contributed by atoms with Crippen LogP contribution in [0.4, 0.5) is 9.59 Å². The Labute approximate surface area is 217 Å². The molecular weight excluding hydrogens is 464 g/mol. The maximum Gasteiger partial charge on any atom is 0.410 e. The molecule has 6 rings (SSSR count). The molecule has 6 nitrogen and oxygen atoms in total. The largest absolute Gasteiger partial charge is 0.448 e. The van der Waals surface area contributed by atoms with Gasteiger partial charge < -0.3 is 19.7 Å². The molecule has 2 atom stereocenters. The molecule has 3 aromatic carbocycles. The molecule has 1 aliphatic carbocycles. The third kappa shape index (κ3) is 4.80. The first-order valence-electron chi connectivity index (χ1n) is 13.2. The molecule has 0 aromatic heterocycles. The Morgan fingerprint density at radius 1 is 0.784 bits per heavy atom. The lowest BCUT2D eigenvalue weighted by molar-refractivity contribution is 0.0552. The average Bonchev–Trinajstić information content (AvgIpc) is 3.40. The Morgan fingerprint density at radius 2 is 1.38 bits per heavy atom. The first-order valence-corrected chi connectivity index (χ1v) is 13.2. The molecule has 2 amide bonds. The van der Waals surface area contributed by atoms with Gasteiger partial charge in [0.25, 0.3) is 0 Å². The van der Waals surface area contributed by atoms with Crippen molar-refractivity contribution in [2.75, 3.05) is 13.2 Å². The van der Waals surface area contributed by atoms with E-state index >= 15 is 0 Å². The van der Waals surface area contributed by atoms with E-state index in [1.165, 1.54) is 22.3 Å².